The maximum absolute atomic E-state index is 10.1. The van der Waals surface area contributed by atoms with E-state index in [-0.39, 0.29) is 6.61 Å². The quantitative estimate of drug-likeness (QED) is 0.177. The summed E-state index contributed by atoms with van der Waals surface area (Å²) in [6.07, 6.45) is -15.4. The third kappa shape index (κ3) is 5.05. The highest BCUT2D eigenvalue weighted by molar-refractivity contribution is 4.93. The van der Waals surface area contributed by atoms with Crippen LogP contribution in [0.15, 0.2) is 12.7 Å². The summed E-state index contributed by atoms with van der Waals surface area (Å²) in [7, 11) is 0. The van der Waals surface area contributed by atoms with Crippen molar-refractivity contribution >= 4 is 0 Å². The van der Waals surface area contributed by atoms with E-state index in [1.54, 1.807) is 0 Å². The van der Waals surface area contributed by atoms with E-state index in [2.05, 4.69) is 6.58 Å². The fraction of sp³-hybridized carbons (Fsp3) is 0.875. The van der Waals surface area contributed by atoms with Gasteiger partial charge in [0.1, 0.15) is 54.9 Å². The fourth-order valence-corrected chi connectivity index (χ4v) is 2.98. The van der Waals surface area contributed by atoms with Crippen molar-refractivity contribution in [2.45, 2.75) is 67.5 Å². The highest BCUT2D eigenvalue weighted by atomic mass is 16.7. The normalized spacial score (nSPS) is 45.6. The summed E-state index contributed by atoms with van der Waals surface area (Å²) in [5.74, 6) is 0. The summed E-state index contributed by atoms with van der Waals surface area (Å²) < 4.78 is 21.0. The Balaban J connectivity index is 2.01. The Labute approximate surface area is 160 Å². The van der Waals surface area contributed by atoms with E-state index < -0.39 is 80.7 Å². The molecule has 0 aromatic carbocycles. The number of hydrogen-bond acceptors (Lipinski definition) is 12. The van der Waals surface area contributed by atoms with Crippen LogP contribution in [-0.2, 0) is 18.9 Å². The number of aliphatic hydroxyl groups is 8. The van der Waals surface area contributed by atoms with Crippen LogP contribution in [0.3, 0.4) is 0 Å². The van der Waals surface area contributed by atoms with Gasteiger partial charge in [-0.25, -0.2) is 0 Å². The molecule has 2 rings (SSSR count). The summed E-state index contributed by atoms with van der Waals surface area (Å²) >= 11 is 0. The molecule has 2 saturated heterocycles. The average Bonchev–Trinajstić information content (AvgIpc) is 2.69. The molecular formula is C16H28O12. The molecule has 0 aliphatic carbocycles. The van der Waals surface area contributed by atoms with E-state index in [0.717, 1.165) is 0 Å². The summed E-state index contributed by atoms with van der Waals surface area (Å²) in [6.45, 7) is 2.22. The lowest BCUT2D eigenvalue weighted by molar-refractivity contribution is -0.335. The lowest BCUT2D eigenvalue weighted by Crippen LogP contribution is -2.63. The highest BCUT2D eigenvalue weighted by Gasteiger charge is 2.48. The lowest BCUT2D eigenvalue weighted by atomic mass is 9.95. The topological polar surface area (TPSA) is 199 Å². The van der Waals surface area contributed by atoms with Crippen LogP contribution in [0, 0.1) is 0 Å². The van der Waals surface area contributed by atoms with Crippen molar-refractivity contribution in [3.63, 3.8) is 0 Å². The van der Waals surface area contributed by atoms with Crippen molar-refractivity contribution in [3.8, 4) is 0 Å². The van der Waals surface area contributed by atoms with Gasteiger partial charge in [-0.15, -0.1) is 6.58 Å². The first-order valence-electron chi connectivity index (χ1n) is 8.75. The van der Waals surface area contributed by atoms with Gasteiger partial charge in [-0.05, 0) is 0 Å². The van der Waals surface area contributed by atoms with Gasteiger partial charge in [0, 0.05) is 0 Å². The molecule has 0 spiro atoms. The molecule has 0 radical (unpaired) electrons. The Morgan fingerprint density at radius 1 is 0.821 bits per heavy atom. The van der Waals surface area contributed by atoms with Gasteiger partial charge in [0.2, 0.25) is 0 Å². The van der Waals surface area contributed by atoms with Gasteiger partial charge in [0.05, 0.1) is 19.8 Å². The second kappa shape index (κ2) is 10.3. The monoisotopic (exact) mass is 412 g/mol. The van der Waals surface area contributed by atoms with Crippen LogP contribution >= 0.6 is 0 Å². The van der Waals surface area contributed by atoms with E-state index in [4.69, 9.17) is 24.1 Å². The molecule has 0 aromatic rings. The molecule has 164 valence electrons. The molecule has 0 amide bonds. The van der Waals surface area contributed by atoms with Crippen LogP contribution in [0.4, 0.5) is 0 Å². The SMILES string of the molecule is C=CCO[C@H]1O[C@H](CO[C@H]2O[C@H]([C@H](O)CO)[C@@H](O)[C@H](O)[C@@H]2O)[C@@H](O)[C@H](O)[C@H]1O. The molecule has 2 heterocycles. The molecule has 12 heteroatoms. The van der Waals surface area contributed by atoms with Crippen LogP contribution in [0.2, 0.25) is 0 Å². The smallest absolute Gasteiger partial charge is 0.187 e. The first-order valence-corrected chi connectivity index (χ1v) is 8.75. The predicted molar refractivity (Wildman–Crippen MR) is 88.6 cm³/mol. The third-order valence-corrected chi connectivity index (χ3v) is 4.64. The molecule has 2 fully saturated rings. The fourth-order valence-electron chi connectivity index (χ4n) is 2.98. The van der Waals surface area contributed by atoms with E-state index in [0.29, 0.717) is 0 Å². The minimum atomic E-state index is -1.74. The maximum Gasteiger partial charge on any atom is 0.187 e. The number of hydrogen-bond donors (Lipinski definition) is 8. The molecule has 12 nitrogen and oxygen atoms in total. The van der Waals surface area contributed by atoms with Crippen LogP contribution in [0.25, 0.3) is 0 Å². The van der Waals surface area contributed by atoms with Crippen LogP contribution in [0.5, 0.6) is 0 Å². The van der Waals surface area contributed by atoms with Crippen molar-refractivity contribution in [2.75, 3.05) is 19.8 Å². The predicted octanol–water partition coefficient (Wildman–Crippen LogP) is -4.83. The molecule has 2 aliphatic rings. The van der Waals surface area contributed by atoms with E-state index in [9.17, 15) is 35.7 Å². The molecule has 2 aliphatic heterocycles. The summed E-state index contributed by atoms with van der Waals surface area (Å²) in [5.41, 5.74) is 0. The standard InChI is InChI=1S/C16H28O12/c1-2-3-25-15-12(23)9(20)8(19)7(27-15)5-26-16-13(24)10(21)11(22)14(28-16)6(18)4-17/h2,6-24H,1,3-5H2/t6-,7-,8-,9+,10+,11+,12-,13+,14-,15+,16+/m1/s1. The minimum Gasteiger partial charge on any atom is -0.394 e. The zero-order chi connectivity index (χ0) is 21.0. The van der Waals surface area contributed by atoms with E-state index >= 15 is 0 Å². The first-order chi connectivity index (χ1) is 13.2. The van der Waals surface area contributed by atoms with Crippen LogP contribution < -0.4 is 0 Å². The van der Waals surface area contributed by atoms with Gasteiger partial charge in [-0.2, -0.15) is 0 Å². The van der Waals surface area contributed by atoms with Gasteiger partial charge < -0.3 is 59.8 Å². The zero-order valence-corrected chi connectivity index (χ0v) is 15.0. The van der Waals surface area contributed by atoms with E-state index in [1.807, 2.05) is 0 Å². The number of ether oxygens (including phenoxy) is 4. The van der Waals surface area contributed by atoms with Gasteiger partial charge in [-0.3, -0.25) is 0 Å². The van der Waals surface area contributed by atoms with Crippen molar-refractivity contribution < 1.29 is 59.8 Å². The Morgan fingerprint density at radius 3 is 1.96 bits per heavy atom. The molecule has 0 aromatic heterocycles. The molecule has 28 heavy (non-hydrogen) atoms. The minimum absolute atomic E-state index is 0.00732. The van der Waals surface area contributed by atoms with Crippen molar-refractivity contribution in [1.82, 2.24) is 0 Å². The first kappa shape index (κ1) is 23.5. The van der Waals surface area contributed by atoms with Gasteiger partial charge >= 0.3 is 0 Å². The Hall–Kier alpha value is -0.740. The number of rotatable bonds is 8. The van der Waals surface area contributed by atoms with Gasteiger partial charge in [0.25, 0.3) is 0 Å². The van der Waals surface area contributed by atoms with Gasteiger partial charge in [0.15, 0.2) is 12.6 Å². The van der Waals surface area contributed by atoms with E-state index in [1.165, 1.54) is 6.08 Å². The van der Waals surface area contributed by atoms with Crippen LogP contribution in [-0.4, -0.2) is 128 Å². The highest BCUT2D eigenvalue weighted by Crippen LogP contribution is 2.27. The maximum atomic E-state index is 10.1. The summed E-state index contributed by atoms with van der Waals surface area (Å²) in [5, 5.41) is 78.3. The second-order valence-corrected chi connectivity index (χ2v) is 6.66. The molecular weight excluding hydrogens is 384 g/mol. The number of aliphatic hydroxyl groups excluding tert-OH is 8. The van der Waals surface area contributed by atoms with Crippen molar-refractivity contribution in [1.29, 1.82) is 0 Å². The van der Waals surface area contributed by atoms with Crippen LogP contribution in [0.1, 0.15) is 0 Å². The molecule has 0 bridgehead atoms. The summed E-state index contributed by atoms with van der Waals surface area (Å²) in [4.78, 5) is 0. The molecule has 0 unspecified atom stereocenters. The average molecular weight is 412 g/mol. The second-order valence-electron chi connectivity index (χ2n) is 6.66. The molecule has 8 N–H and O–H groups in total. The zero-order valence-electron chi connectivity index (χ0n) is 15.0. The lowest BCUT2D eigenvalue weighted by Gasteiger charge is -2.43. The van der Waals surface area contributed by atoms with Crippen molar-refractivity contribution in [3.05, 3.63) is 12.7 Å². The Morgan fingerprint density at radius 2 is 1.39 bits per heavy atom. The van der Waals surface area contributed by atoms with Crippen molar-refractivity contribution in [2.24, 2.45) is 0 Å². The Bertz CT molecular complexity index is 492. The molecule has 0 saturated carbocycles. The molecule has 11 atom stereocenters. The summed E-state index contributed by atoms with van der Waals surface area (Å²) in [6, 6.07) is 0. The Kier molecular flexibility index (Phi) is 8.69. The third-order valence-electron chi connectivity index (χ3n) is 4.64. The largest absolute Gasteiger partial charge is 0.394 e. The van der Waals surface area contributed by atoms with Gasteiger partial charge in [-0.1, -0.05) is 6.08 Å².